The predicted molar refractivity (Wildman–Crippen MR) is 24.1 cm³/mol. The molecule has 8 heteroatoms. The van der Waals surface area contributed by atoms with Crippen molar-refractivity contribution < 1.29 is 34.9 Å². The minimum atomic E-state index is -6.85. The molecule has 5 nitrogen and oxygen atoms in total. The molecule has 0 radical (unpaired) electrons. The molecule has 0 aromatic rings. The molecule has 0 fully saturated rings. The van der Waals surface area contributed by atoms with E-state index in [1.807, 2.05) is 0 Å². The van der Waals surface area contributed by atoms with E-state index >= 15 is 0 Å². The van der Waals surface area contributed by atoms with Crippen LogP contribution >= 0.6 is 24.8 Å². The third-order valence-electron chi connectivity index (χ3n) is 0. The van der Waals surface area contributed by atoms with Crippen LogP contribution in [0.5, 0.6) is 0 Å². The van der Waals surface area contributed by atoms with Crippen LogP contribution in [0.15, 0.2) is 0 Å². The number of hydrogen-bond donors (Lipinski definition) is 4. The van der Waals surface area contributed by atoms with Gasteiger partial charge >= 0.3 is 34.9 Å². The van der Waals surface area contributed by atoms with Crippen LogP contribution in [0.2, 0.25) is 0 Å². The average molecular weight is 205 g/mol. The van der Waals surface area contributed by atoms with Crippen molar-refractivity contribution >= 4 is 24.8 Å². The van der Waals surface area contributed by atoms with Gasteiger partial charge in [-0.3, -0.25) is 0 Å². The fourth-order valence-corrected chi connectivity index (χ4v) is 0. The second-order valence-electron chi connectivity index (χ2n) is 0.965. The van der Waals surface area contributed by atoms with Crippen LogP contribution in [0.3, 0.4) is 0 Å². The molecule has 0 saturated heterocycles. The normalized spacial score (nSPS) is 11.1. The van der Waals surface area contributed by atoms with Gasteiger partial charge in [-0.25, -0.2) is 0 Å². The molecule has 0 amide bonds. The maximum atomic E-state index is 9.09. The second kappa shape index (κ2) is 3.19. The molecule has 0 aromatic carbocycles. The summed E-state index contributed by atoms with van der Waals surface area (Å²) in [5.41, 5.74) is 0. The summed E-state index contributed by atoms with van der Waals surface area (Å²) in [7, 11) is 0. The molecule has 54 valence electrons. The van der Waals surface area contributed by atoms with Crippen molar-refractivity contribution in [1.29, 1.82) is 0 Å². The van der Waals surface area contributed by atoms with Gasteiger partial charge in [-0.2, -0.15) is 0 Å². The summed E-state index contributed by atoms with van der Waals surface area (Å²) in [4.78, 5) is 0. The monoisotopic (exact) mass is 204 g/mol. The molecule has 0 aliphatic heterocycles. The first kappa shape index (κ1) is 16.0. The molecule has 0 saturated carbocycles. The van der Waals surface area contributed by atoms with E-state index < -0.39 is 16.8 Å². The molecule has 0 heterocycles. The first-order valence-corrected chi connectivity index (χ1v) is 4.53. The van der Waals surface area contributed by atoms with Crippen LogP contribution < -0.4 is 0 Å². The topological polar surface area (TPSA) is 98.0 Å². The quantitative estimate of drug-likeness (QED) is 0.360. The van der Waals surface area contributed by atoms with E-state index in [4.69, 9.17) is 18.1 Å². The van der Waals surface area contributed by atoms with E-state index in [0.717, 1.165) is 0 Å². The Morgan fingerprint density at radius 3 is 0.875 bits per heavy atom. The summed E-state index contributed by atoms with van der Waals surface area (Å²) in [6, 6.07) is 0. The third-order valence-corrected chi connectivity index (χ3v) is 0. The van der Waals surface area contributed by atoms with Crippen molar-refractivity contribution in [1.82, 2.24) is 0 Å². The molecule has 0 bridgehead atoms. The van der Waals surface area contributed by atoms with E-state index in [1.54, 1.807) is 0 Å². The molecule has 0 rings (SSSR count). The van der Waals surface area contributed by atoms with Gasteiger partial charge in [0.15, 0.2) is 0 Å². The van der Waals surface area contributed by atoms with Crippen molar-refractivity contribution in [3.63, 3.8) is 0 Å². The Hall–Kier alpha value is 0.934. The van der Waals surface area contributed by atoms with Crippen molar-refractivity contribution in [2.24, 2.45) is 0 Å². The Morgan fingerprint density at radius 1 is 0.875 bits per heavy atom. The Bertz CT molecular complexity index is 88.1. The van der Waals surface area contributed by atoms with Crippen molar-refractivity contribution in [3.8, 4) is 0 Å². The Labute approximate surface area is 59.9 Å². The van der Waals surface area contributed by atoms with Gasteiger partial charge in [-0.05, 0) is 0 Å². The van der Waals surface area contributed by atoms with Crippen LogP contribution in [-0.2, 0) is 20.2 Å². The first-order chi connectivity index (χ1) is 2.24. The minimum absolute atomic E-state index is 0. The molecule has 0 aromatic heterocycles. The van der Waals surface area contributed by atoms with Crippen LogP contribution in [0.4, 0.5) is 0 Å². The first-order valence-electron chi connectivity index (χ1n) is 1.10. The summed E-state index contributed by atoms with van der Waals surface area (Å²) >= 11 is -6.85. The standard InChI is InChI=1S/2ClH.4H2O.O.Ti/h2*1H;4*1H2;;/q;;;;;;;+4/p-4. The van der Waals surface area contributed by atoms with E-state index in [-0.39, 0.29) is 24.8 Å². The number of rotatable bonds is 0. The maximum absolute atomic E-state index is 9.09. The zero-order chi connectivity index (χ0) is 5.45. The van der Waals surface area contributed by atoms with Crippen LogP contribution in [0.25, 0.3) is 0 Å². The van der Waals surface area contributed by atoms with Crippen LogP contribution in [0.1, 0.15) is 0 Å². The van der Waals surface area contributed by atoms with Crippen molar-refractivity contribution in [2.45, 2.75) is 0 Å². The van der Waals surface area contributed by atoms with Gasteiger partial charge in [0.05, 0.1) is 0 Å². The van der Waals surface area contributed by atoms with Gasteiger partial charge in [0.2, 0.25) is 0 Å². The molecular formula is H6Cl2O5Ti. The van der Waals surface area contributed by atoms with Gasteiger partial charge in [-0.15, -0.1) is 24.8 Å². The molecule has 8 heavy (non-hydrogen) atoms. The molecule has 0 aliphatic rings. The molecule has 0 atom stereocenters. The van der Waals surface area contributed by atoms with E-state index in [1.165, 1.54) is 0 Å². The van der Waals surface area contributed by atoms with Crippen molar-refractivity contribution in [2.75, 3.05) is 0 Å². The van der Waals surface area contributed by atoms with E-state index in [9.17, 15) is 0 Å². The molecular weight excluding hydrogens is 199 g/mol. The van der Waals surface area contributed by atoms with E-state index in [0.29, 0.717) is 0 Å². The molecule has 4 N–H and O–H groups in total. The molecule has 0 spiro atoms. The Kier molecular flexibility index (Phi) is 6.37. The number of halogens is 2. The number of hydrogen-bond acceptors (Lipinski definition) is 1. The van der Waals surface area contributed by atoms with Crippen LogP contribution in [-0.4, -0.2) is 14.8 Å². The Balaban J connectivity index is -0.000000125. The predicted octanol–water partition coefficient (Wildman–Crippen LogP) is -1.51. The van der Waals surface area contributed by atoms with Gasteiger partial charge in [0.25, 0.3) is 0 Å². The van der Waals surface area contributed by atoms with Crippen LogP contribution in [0, 0.1) is 0 Å². The third kappa shape index (κ3) is 280. The zero-order valence-electron chi connectivity index (χ0n) is 3.51. The average Bonchev–Trinajstić information content (AvgIpc) is 0.650. The fraction of sp³-hybridized carbons (Fsp3) is 0. The van der Waals surface area contributed by atoms with Gasteiger partial charge in [0, 0.05) is 0 Å². The van der Waals surface area contributed by atoms with Crippen molar-refractivity contribution in [3.05, 3.63) is 0 Å². The fourth-order valence-electron chi connectivity index (χ4n) is 0. The summed E-state index contributed by atoms with van der Waals surface area (Å²) in [5, 5.41) is 0. The summed E-state index contributed by atoms with van der Waals surface area (Å²) in [6.45, 7) is 0. The molecule has 0 aliphatic carbocycles. The van der Waals surface area contributed by atoms with Gasteiger partial charge < -0.3 is 0 Å². The summed E-state index contributed by atoms with van der Waals surface area (Å²) in [5.74, 6) is 0. The summed E-state index contributed by atoms with van der Waals surface area (Å²) < 4.78 is 38.2. The van der Waals surface area contributed by atoms with Gasteiger partial charge in [0.1, 0.15) is 0 Å². The molecule has 0 unspecified atom stereocenters. The second-order valence-corrected chi connectivity index (χ2v) is 3.98. The van der Waals surface area contributed by atoms with Gasteiger partial charge in [-0.1, -0.05) is 0 Å². The zero-order valence-corrected chi connectivity index (χ0v) is 6.71. The Morgan fingerprint density at radius 2 is 0.875 bits per heavy atom. The van der Waals surface area contributed by atoms with E-state index in [2.05, 4.69) is 0 Å². The SMILES string of the molecule is Cl.Cl.[O]=[Ti]([OH])([OH])([OH])[OH]. The summed E-state index contributed by atoms with van der Waals surface area (Å²) in [6.07, 6.45) is 0.